The smallest absolute Gasteiger partial charge is 0.224 e. The zero-order valence-electron chi connectivity index (χ0n) is 5.35. The lowest BCUT2D eigenvalue weighted by atomic mass is 10.5. The molecule has 10 heavy (non-hydrogen) atoms. The van der Waals surface area contributed by atoms with Crippen LogP contribution in [0.4, 0.5) is 0 Å². The fourth-order valence-corrected chi connectivity index (χ4v) is 1.62. The molecule has 2 nitrogen and oxygen atoms in total. The van der Waals surface area contributed by atoms with Crippen molar-refractivity contribution in [2.75, 3.05) is 7.11 Å². The van der Waals surface area contributed by atoms with Crippen molar-refractivity contribution in [3.8, 4) is 0 Å². The number of hydrogen-bond acceptors (Lipinski definition) is 3. The fourth-order valence-electron chi connectivity index (χ4n) is 0.548. The van der Waals surface area contributed by atoms with Crippen LogP contribution in [0.15, 0.2) is 11.4 Å². The Morgan fingerprint density at radius 3 is 2.90 bits per heavy atom. The number of methoxy groups -OCH3 is 1. The van der Waals surface area contributed by atoms with E-state index in [0.717, 1.165) is 0 Å². The van der Waals surface area contributed by atoms with Crippen LogP contribution in [-0.4, -0.2) is 13.0 Å². The summed E-state index contributed by atoms with van der Waals surface area (Å²) in [6, 6.07) is 1.75. The number of rotatable bonds is 1. The molecule has 0 fully saturated rings. The minimum Gasteiger partial charge on any atom is -0.480 e. The molecule has 0 saturated heterocycles. The van der Waals surface area contributed by atoms with E-state index in [1.807, 2.05) is 5.38 Å². The normalized spacial score (nSPS) is 9.40. The fraction of sp³-hybridized carbons (Fsp3) is 0.167. The summed E-state index contributed by atoms with van der Waals surface area (Å²) in [5, 5.41) is 9.64. The van der Waals surface area contributed by atoms with Gasteiger partial charge in [0, 0.05) is 0 Å². The van der Waals surface area contributed by atoms with E-state index in [4.69, 9.17) is 17.0 Å². The maximum atomic E-state index is 7.24. The van der Waals surface area contributed by atoms with Crippen LogP contribution in [0.2, 0.25) is 5.02 Å². The molecule has 0 radical (unpaired) electrons. The van der Waals surface area contributed by atoms with Crippen LogP contribution in [0, 0.1) is 5.41 Å². The first kappa shape index (κ1) is 7.57. The minimum atomic E-state index is 0.125. The minimum absolute atomic E-state index is 0.125. The molecular weight excluding hydrogens is 170 g/mol. The van der Waals surface area contributed by atoms with Crippen LogP contribution >= 0.6 is 22.9 Å². The molecule has 0 aliphatic carbocycles. The molecule has 0 aromatic carbocycles. The van der Waals surface area contributed by atoms with Crippen molar-refractivity contribution in [3.63, 3.8) is 0 Å². The van der Waals surface area contributed by atoms with Gasteiger partial charge in [0.25, 0.3) is 0 Å². The maximum Gasteiger partial charge on any atom is 0.224 e. The number of ether oxygens (including phenoxy) is 1. The van der Waals surface area contributed by atoms with Gasteiger partial charge < -0.3 is 4.74 Å². The van der Waals surface area contributed by atoms with Crippen LogP contribution in [0.1, 0.15) is 4.88 Å². The van der Waals surface area contributed by atoms with Crippen molar-refractivity contribution >= 4 is 28.8 Å². The summed E-state index contributed by atoms with van der Waals surface area (Å²) in [5.74, 6) is 0.125. The van der Waals surface area contributed by atoms with Gasteiger partial charge in [-0.2, -0.15) is 0 Å². The SMILES string of the molecule is COC(=N)c1sccc1Cl. The topological polar surface area (TPSA) is 33.1 Å². The number of nitrogens with one attached hydrogen (secondary N) is 1. The summed E-state index contributed by atoms with van der Waals surface area (Å²) in [7, 11) is 1.46. The van der Waals surface area contributed by atoms with Gasteiger partial charge >= 0.3 is 0 Å². The molecule has 1 aromatic heterocycles. The molecule has 0 spiro atoms. The van der Waals surface area contributed by atoms with E-state index >= 15 is 0 Å². The van der Waals surface area contributed by atoms with Crippen molar-refractivity contribution in [2.24, 2.45) is 0 Å². The predicted octanol–water partition coefficient (Wildman–Crippen LogP) is 2.37. The average molecular weight is 176 g/mol. The highest BCUT2D eigenvalue weighted by atomic mass is 35.5. The lowest BCUT2D eigenvalue weighted by Gasteiger charge is -1.97. The number of halogens is 1. The van der Waals surface area contributed by atoms with Gasteiger partial charge in [0.1, 0.15) is 4.88 Å². The summed E-state index contributed by atoms with van der Waals surface area (Å²) in [6.07, 6.45) is 0. The quantitative estimate of drug-likeness (QED) is 0.516. The van der Waals surface area contributed by atoms with E-state index in [9.17, 15) is 0 Å². The molecule has 0 amide bonds. The van der Waals surface area contributed by atoms with Crippen LogP contribution in [0.3, 0.4) is 0 Å². The average Bonchev–Trinajstić information content (AvgIpc) is 2.34. The third kappa shape index (κ3) is 1.30. The summed E-state index contributed by atoms with van der Waals surface area (Å²) >= 11 is 7.10. The molecule has 1 heterocycles. The van der Waals surface area contributed by atoms with Gasteiger partial charge in [0.2, 0.25) is 5.90 Å². The molecule has 0 saturated carbocycles. The monoisotopic (exact) mass is 175 g/mol. The zero-order chi connectivity index (χ0) is 7.56. The standard InChI is InChI=1S/C6H6ClNOS/c1-9-6(8)5-4(7)2-3-10-5/h2-3,8H,1H3. The van der Waals surface area contributed by atoms with E-state index in [2.05, 4.69) is 4.74 Å². The molecule has 0 aliphatic heterocycles. The molecule has 0 atom stereocenters. The van der Waals surface area contributed by atoms with E-state index < -0.39 is 0 Å². The lowest BCUT2D eigenvalue weighted by Crippen LogP contribution is -1.97. The second-order valence-corrected chi connectivity index (χ2v) is 2.95. The zero-order valence-corrected chi connectivity index (χ0v) is 6.92. The Kier molecular flexibility index (Phi) is 2.29. The Hall–Kier alpha value is -0.540. The van der Waals surface area contributed by atoms with Crippen LogP contribution in [0.25, 0.3) is 0 Å². The first-order chi connectivity index (χ1) is 4.75. The predicted molar refractivity (Wildman–Crippen MR) is 43.2 cm³/mol. The molecule has 4 heteroatoms. The van der Waals surface area contributed by atoms with Gasteiger partial charge in [-0.15, -0.1) is 11.3 Å². The van der Waals surface area contributed by atoms with Gasteiger partial charge in [0.05, 0.1) is 12.1 Å². The van der Waals surface area contributed by atoms with Crippen molar-refractivity contribution in [2.45, 2.75) is 0 Å². The molecule has 0 unspecified atom stereocenters. The summed E-state index contributed by atoms with van der Waals surface area (Å²) in [6.45, 7) is 0. The van der Waals surface area contributed by atoms with Crippen molar-refractivity contribution in [1.82, 2.24) is 0 Å². The molecule has 54 valence electrons. The second-order valence-electron chi connectivity index (χ2n) is 1.63. The third-order valence-electron chi connectivity index (χ3n) is 1.03. The number of thiophene rings is 1. The third-order valence-corrected chi connectivity index (χ3v) is 2.37. The Morgan fingerprint density at radius 2 is 2.50 bits per heavy atom. The molecule has 1 rings (SSSR count). The Bertz CT molecular complexity index is 246. The van der Waals surface area contributed by atoms with Gasteiger partial charge in [-0.25, -0.2) is 0 Å². The maximum absolute atomic E-state index is 7.24. The number of hydrogen-bond donors (Lipinski definition) is 1. The summed E-state index contributed by atoms with van der Waals surface area (Å²) in [4.78, 5) is 0.684. The first-order valence-corrected chi connectivity index (χ1v) is 3.87. The van der Waals surface area contributed by atoms with E-state index in [0.29, 0.717) is 9.90 Å². The largest absolute Gasteiger partial charge is 0.480 e. The van der Waals surface area contributed by atoms with E-state index in [1.54, 1.807) is 6.07 Å². The molecule has 0 aliphatic rings. The Morgan fingerprint density at radius 1 is 1.80 bits per heavy atom. The van der Waals surface area contributed by atoms with E-state index in [-0.39, 0.29) is 5.90 Å². The Balaban J connectivity index is 2.93. The summed E-state index contributed by atoms with van der Waals surface area (Å²) < 4.78 is 4.68. The lowest BCUT2D eigenvalue weighted by molar-refractivity contribution is 0.402. The van der Waals surface area contributed by atoms with Crippen LogP contribution in [0.5, 0.6) is 0 Å². The highest BCUT2D eigenvalue weighted by molar-refractivity contribution is 7.12. The van der Waals surface area contributed by atoms with Gasteiger partial charge in [-0.05, 0) is 11.4 Å². The van der Waals surface area contributed by atoms with Gasteiger partial charge in [-0.3, -0.25) is 5.41 Å². The molecular formula is C6H6ClNOS. The second kappa shape index (κ2) is 3.03. The van der Waals surface area contributed by atoms with Crippen molar-refractivity contribution in [1.29, 1.82) is 5.41 Å². The van der Waals surface area contributed by atoms with Gasteiger partial charge in [0.15, 0.2) is 0 Å². The van der Waals surface area contributed by atoms with Crippen LogP contribution < -0.4 is 0 Å². The van der Waals surface area contributed by atoms with Gasteiger partial charge in [-0.1, -0.05) is 11.6 Å². The highest BCUT2D eigenvalue weighted by Crippen LogP contribution is 2.22. The Labute approximate surface area is 67.9 Å². The molecule has 1 N–H and O–H groups in total. The molecule has 0 bridgehead atoms. The van der Waals surface area contributed by atoms with Crippen molar-refractivity contribution in [3.05, 3.63) is 21.3 Å². The first-order valence-electron chi connectivity index (χ1n) is 2.61. The summed E-state index contributed by atoms with van der Waals surface area (Å²) in [5.41, 5.74) is 0. The highest BCUT2D eigenvalue weighted by Gasteiger charge is 2.06. The van der Waals surface area contributed by atoms with E-state index in [1.165, 1.54) is 18.4 Å². The van der Waals surface area contributed by atoms with Crippen LogP contribution in [-0.2, 0) is 4.74 Å². The van der Waals surface area contributed by atoms with Crippen molar-refractivity contribution < 1.29 is 4.74 Å². The molecule has 1 aromatic rings.